The predicted molar refractivity (Wildman–Crippen MR) is 137 cm³/mol. The summed E-state index contributed by atoms with van der Waals surface area (Å²) >= 11 is 1.27. The van der Waals surface area contributed by atoms with Gasteiger partial charge in [0.05, 0.1) is 29.5 Å². The fourth-order valence-corrected chi connectivity index (χ4v) is 4.88. The van der Waals surface area contributed by atoms with Crippen LogP contribution in [0.15, 0.2) is 76.7 Å². The topological polar surface area (TPSA) is 64.4 Å². The summed E-state index contributed by atoms with van der Waals surface area (Å²) in [7, 11) is 3.38. The van der Waals surface area contributed by atoms with Crippen LogP contribution < -0.4 is 10.3 Å². The zero-order valence-corrected chi connectivity index (χ0v) is 20.6. The molecule has 0 saturated heterocycles. The average Bonchev–Trinajstić information content (AvgIpc) is 2.82. The molecule has 0 radical (unpaired) electrons. The first-order valence-electron chi connectivity index (χ1n) is 11.0. The molecule has 4 rings (SSSR count). The standard InChI is InChI=1S/C27H27N3O3S/c1-18-13-19(2)15-21(14-18)30-26(32)22-10-6-7-11-23(22)28-27(30)34-17-25(31)29(3)16-20-9-5-8-12-24(20)33-4/h5-15H,16-17H2,1-4H3. The molecule has 0 atom stereocenters. The van der Waals surface area contributed by atoms with Crippen LogP contribution in [0, 0.1) is 13.8 Å². The van der Waals surface area contributed by atoms with Crippen molar-refractivity contribution in [2.45, 2.75) is 25.5 Å². The van der Waals surface area contributed by atoms with Crippen molar-refractivity contribution in [3.8, 4) is 11.4 Å². The fourth-order valence-electron chi connectivity index (χ4n) is 3.93. The lowest BCUT2D eigenvalue weighted by atomic mass is 10.1. The van der Waals surface area contributed by atoms with E-state index >= 15 is 0 Å². The second-order valence-corrected chi connectivity index (χ2v) is 9.19. The molecule has 0 spiro atoms. The molecular formula is C27H27N3O3S. The highest BCUT2D eigenvalue weighted by atomic mass is 32.2. The van der Waals surface area contributed by atoms with E-state index in [1.54, 1.807) is 29.7 Å². The zero-order chi connectivity index (χ0) is 24.2. The van der Waals surface area contributed by atoms with E-state index in [1.807, 2.05) is 68.4 Å². The molecule has 0 aliphatic carbocycles. The van der Waals surface area contributed by atoms with Gasteiger partial charge in [0.1, 0.15) is 5.75 Å². The van der Waals surface area contributed by atoms with Gasteiger partial charge in [-0.1, -0.05) is 48.2 Å². The minimum absolute atomic E-state index is 0.0645. The SMILES string of the molecule is COc1ccccc1CN(C)C(=O)CSc1nc2ccccc2c(=O)n1-c1cc(C)cc(C)c1. The van der Waals surface area contributed by atoms with Crippen molar-refractivity contribution < 1.29 is 9.53 Å². The summed E-state index contributed by atoms with van der Waals surface area (Å²) in [4.78, 5) is 32.8. The van der Waals surface area contributed by atoms with Crippen LogP contribution in [0.5, 0.6) is 5.75 Å². The Morgan fingerprint density at radius 3 is 2.44 bits per heavy atom. The van der Waals surface area contributed by atoms with Gasteiger partial charge in [-0.25, -0.2) is 4.98 Å². The number of ether oxygens (including phenoxy) is 1. The highest BCUT2D eigenvalue weighted by Crippen LogP contribution is 2.24. The number of nitrogens with zero attached hydrogens (tertiary/aromatic N) is 3. The molecule has 0 bridgehead atoms. The predicted octanol–water partition coefficient (Wildman–Crippen LogP) is 4.76. The van der Waals surface area contributed by atoms with Crippen LogP contribution in [0.4, 0.5) is 0 Å². The molecule has 0 aliphatic rings. The van der Waals surface area contributed by atoms with Gasteiger partial charge in [-0.05, 0) is 55.3 Å². The number of hydrogen-bond donors (Lipinski definition) is 0. The number of fused-ring (bicyclic) bond motifs is 1. The number of rotatable bonds is 7. The Morgan fingerprint density at radius 2 is 1.71 bits per heavy atom. The van der Waals surface area contributed by atoms with Gasteiger partial charge >= 0.3 is 0 Å². The second-order valence-electron chi connectivity index (χ2n) is 8.25. The molecule has 3 aromatic carbocycles. The third-order valence-corrected chi connectivity index (χ3v) is 6.48. The molecular weight excluding hydrogens is 446 g/mol. The Balaban J connectivity index is 1.64. The molecule has 1 heterocycles. The second kappa shape index (κ2) is 10.1. The molecule has 1 amide bonds. The summed E-state index contributed by atoms with van der Waals surface area (Å²) in [5.41, 5.74) is 4.26. The number of amides is 1. The van der Waals surface area contributed by atoms with E-state index < -0.39 is 0 Å². The number of methoxy groups -OCH3 is 1. The third-order valence-electron chi connectivity index (χ3n) is 5.56. The number of benzene rings is 3. The summed E-state index contributed by atoms with van der Waals surface area (Å²) < 4.78 is 7.01. The van der Waals surface area contributed by atoms with Crippen molar-refractivity contribution >= 4 is 28.6 Å². The molecule has 1 aromatic heterocycles. The first-order valence-corrected chi connectivity index (χ1v) is 11.9. The van der Waals surface area contributed by atoms with Crippen LogP contribution in [-0.2, 0) is 11.3 Å². The quantitative estimate of drug-likeness (QED) is 0.286. The molecule has 0 N–H and O–H groups in total. The lowest BCUT2D eigenvalue weighted by Gasteiger charge is -2.19. The van der Waals surface area contributed by atoms with E-state index in [1.165, 1.54) is 11.8 Å². The van der Waals surface area contributed by atoms with Crippen molar-refractivity contribution in [3.63, 3.8) is 0 Å². The van der Waals surface area contributed by atoms with Gasteiger partial charge in [0.15, 0.2) is 5.16 Å². The highest BCUT2D eigenvalue weighted by Gasteiger charge is 2.17. The Morgan fingerprint density at radius 1 is 1.03 bits per heavy atom. The van der Waals surface area contributed by atoms with Gasteiger partial charge in [-0.3, -0.25) is 14.2 Å². The molecule has 174 valence electrons. The molecule has 34 heavy (non-hydrogen) atoms. The smallest absolute Gasteiger partial charge is 0.266 e. The van der Waals surface area contributed by atoms with Crippen molar-refractivity contribution in [2.75, 3.05) is 19.9 Å². The monoisotopic (exact) mass is 473 g/mol. The van der Waals surface area contributed by atoms with Crippen molar-refractivity contribution in [2.24, 2.45) is 0 Å². The first kappa shape index (κ1) is 23.6. The number of hydrogen-bond acceptors (Lipinski definition) is 5. The minimum atomic E-state index is -0.145. The summed E-state index contributed by atoms with van der Waals surface area (Å²) in [6, 6.07) is 20.9. The number of carbonyl (C=O) groups excluding carboxylic acids is 1. The van der Waals surface area contributed by atoms with Gasteiger partial charge in [0, 0.05) is 19.2 Å². The number of para-hydroxylation sites is 2. The largest absolute Gasteiger partial charge is 0.496 e. The summed E-state index contributed by atoms with van der Waals surface area (Å²) in [5.74, 6) is 0.834. The van der Waals surface area contributed by atoms with E-state index in [0.717, 1.165) is 28.1 Å². The average molecular weight is 474 g/mol. The third kappa shape index (κ3) is 4.99. The van der Waals surface area contributed by atoms with Crippen LogP contribution >= 0.6 is 11.8 Å². The number of carbonyl (C=O) groups is 1. The molecule has 0 fully saturated rings. The van der Waals surface area contributed by atoms with Gasteiger partial charge in [-0.15, -0.1) is 0 Å². The maximum Gasteiger partial charge on any atom is 0.266 e. The molecule has 7 heteroatoms. The fraction of sp³-hybridized carbons (Fsp3) is 0.222. The molecule has 0 aliphatic heterocycles. The Labute approximate surface area is 203 Å². The maximum atomic E-state index is 13.5. The van der Waals surface area contributed by atoms with Gasteiger partial charge in [0.25, 0.3) is 5.56 Å². The van der Waals surface area contributed by atoms with Crippen LogP contribution in [0.1, 0.15) is 16.7 Å². The van der Waals surface area contributed by atoms with E-state index in [-0.39, 0.29) is 17.2 Å². The van der Waals surface area contributed by atoms with Crippen molar-refractivity contribution in [3.05, 3.63) is 93.8 Å². The number of thioether (sulfide) groups is 1. The summed E-state index contributed by atoms with van der Waals surface area (Å²) in [6.07, 6.45) is 0. The van der Waals surface area contributed by atoms with Gasteiger partial charge in [0.2, 0.25) is 5.91 Å². The van der Waals surface area contributed by atoms with Crippen LogP contribution in [-0.4, -0.2) is 40.3 Å². The normalized spacial score (nSPS) is 10.9. The molecule has 0 saturated carbocycles. The van der Waals surface area contributed by atoms with E-state index in [0.29, 0.717) is 22.6 Å². The molecule has 6 nitrogen and oxygen atoms in total. The first-order chi connectivity index (χ1) is 16.4. The van der Waals surface area contributed by atoms with Crippen molar-refractivity contribution in [1.82, 2.24) is 14.5 Å². The number of aryl methyl sites for hydroxylation is 2. The van der Waals surface area contributed by atoms with E-state index in [4.69, 9.17) is 9.72 Å². The van der Waals surface area contributed by atoms with E-state index in [2.05, 4.69) is 6.07 Å². The minimum Gasteiger partial charge on any atom is -0.496 e. The van der Waals surface area contributed by atoms with Gasteiger partial charge < -0.3 is 9.64 Å². The Hall–Kier alpha value is -3.58. The highest BCUT2D eigenvalue weighted by molar-refractivity contribution is 7.99. The summed E-state index contributed by atoms with van der Waals surface area (Å²) in [5, 5.41) is 1.04. The Bertz CT molecular complexity index is 1390. The lowest BCUT2D eigenvalue weighted by Crippen LogP contribution is -2.28. The lowest BCUT2D eigenvalue weighted by molar-refractivity contribution is -0.127. The van der Waals surface area contributed by atoms with E-state index in [9.17, 15) is 9.59 Å². The zero-order valence-electron chi connectivity index (χ0n) is 19.7. The summed E-state index contributed by atoms with van der Waals surface area (Å²) in [6.45, 7) is 4.43. The Kier molecular flexibility index (Phi) is 7.03. The maximum absolute atomic E-state index is 13.5. The van der Waals surface area contributed by atoms with Crippen molar-refractivity contribution in [1.29, 1.82) is 0 Å². The van der Waals surface area contributed by atoms with Crippen LogP contribution in [0.2, 0.25) is 0 Å². The number of aromatic nitrogens is 2. The van der Waals surface area contributed by atoms with Crippen LogP contribution in [0.3, 0.4) is 0 Å². The van der Waals surface area contributed by atoms with Crippen LogP contribution in [0.25, 0.3) is 16.6 Å². The molecule has 0 unspecified atom stereocenters. The van der Waals surface area contributed by atoms with Gasteiger partial charge in [-0.2, -0.15) is 0 Å². The molecule has 4 aromatic rings.